The maximum atomic E-state index is 6.00. The van der Waals surface area contributed by atoms with Gasteiger partial charge in [0.25, 0.3) is 0 Å². The molecule has 116 valence electrons. The molecule has 1 fully saturated rings. The number of nitrogens with zero attached hydrogens (tertiary/aromatic N) is 2. The molecule has 1 aliphatic rings. The van der Waals surface area contributed by atoms with Crippen LogP contribution in [0.2, 0.25) is 0 Å². The van der Waals surface area contributed by atoms with Crippen LogP contribution in [0.3, 0.4) is 0 Å². The second-order valence-electron chi connectivity index (χ2n) is 6.24. The normalized spacial score (nSPS) is 17.2. The molecule has 2 rings (SSSR count). The van der Waals surface area contributed by atoms with Crippen molar-refractivity contribution in [1.29, 1.82) is 0 Å². The van der Waals surface area contributed by atoms with Crippen LogP contribution in [0.5, 0.6) is 0 Å². The van der Waals surface area contributed by atoms with E-state index in [1.54, 1.807) is 0 Å². The summed E-state index contributed by atoms with van der Waals surface area (Å²) in [7, 11) is 4.16. The van der Waals surface area contributed by atoms with E-state index in [0.29, 0.717) is 18.5 Å². The number of hydrogen-bond acceptors (Lipinski definition) is 2. The average Bonchev–Trinajstić information content (AvgIpc) is 2.46. The van der Waals surface area contributed by atoms with Crippen molar-refractivity contribution in [3.63, 3.8) is 0 Å². The molecule has 0 aliphatic heterocycles. The van der Waals surface area contributed by atoms with E-state index in [-0.39, 0.29) is 0 Å². The zero-order chi connectivity index (χ0) is 15.1. The summed E-state index contributed by atoms with van der Waals surface area (Å²) >= 11 is 0. The van der Waals surface area contributed by atoms with E-state index in [0.717, 1.165) is 6.54 Å². The van der Waals surface area contributed by atoms with Crippen LogP contribution in [-0.4, -0.2) is 31.0 Å². The fourth-order valence-electron chi connectivity index (χ4n) is 2.87. The molecule has 0 saturated heterocycles. The second kappa shape index (κ2) is 8.03. The number of nitrogens with one attached hydrogen (secondary N) is 1. The molecule has 0 amide bonds. The third-order valence-corrected chi connectivity index (χ3v) is 3.88. The molecule has 21 heavy (non-hydrogen) atoms. The van der Waals surface area contributed by atoms with Gasteiger partial charge in [0.05, 0.1) is 6.54 Å². The molecule has 1 aromatic carbocycles. The summed E-state index contributed by atoms with van der Waals surface area (Å²) < 4.78 is 0. The summed E-state index contributed by atoms with van der Waals surface area (Å²) in [5.41, 5.74) is 8.52. The number of aliphatic imine (C=N–C) groups is 1. The summed E-state index contributed by atoms with van der Waals surface area (Å²) in [6, 6.07) is 9.07. The fraction of sp³-hybridized carbons (Fsp3) is 0.588. The third-order valence-electron chi connectivity index (χ3n) is 3.88. The molecule has 0 atom stereocenters. The van der Waals surface area contributed by atoms with Gasteiger partial charge in [-0.25, -0.2) is 4.99 Å². The Kier molecular flexibility index (Phi) is 6.05. The zero-order valence-electron chi connectivity index (χ0n) is 13.3. The van der Waals surface area contributed by atoms with Gasteiger partial charge in [0.15, 0.2) is 5.96 Å². The predicted octanol–water partition coefficient (Wildman–Crippen LogP) is 2.49. The van der Waals surface area contributed by atoms with E-state index in [9.17, 15) is 0 Å². The lowest BCUT2D eigenvalue weighted by Gasteiger charge is -2.23. The Hall–Kier alpha value is -1.55. The Morgan fingerprint density at radius 3 is 2.67 bits per heavy atom. The van der Waals surface area contributed by atoms with E-state index in [1.165, 1.54) is 43.2 Å². The number of benzene rings is 1. The van der Waals surface area contributed by atoms with Gasteiger partial charge < -0.3 is 16.0 Å². The summed E-state index contributed by atoms with van der Waals surface area (Å²) in [5.74, 6) is 0.583. The molecule has 4 heteroatoms. The van der Waals surface area contributed by atoms with Crippen molar-refractivity contribution in [3.8, 4) is 0 Å². The van der Waals surface area contributed by atoms with Gasteiger partial charge in [-0.05, 0) is 38.1 Å². The molecule has 0 unspecified atom stereocenters. The van der Waals surface area contributed by atoms with Crippen LogP contribution in [-0.2, 0) is 13.1 Å². The van der Waals surface area contributed by atoms with Crippen molar-refractivity contribution >= 4 is 5.96 Å². The fourth-order valence-corrected chi connectivity index (χ4v) is 2.87. The topological polar surface area (TPSA) is 53.6 Å². The van der Waals surface area contributed by atoms with Gasteiger partial charge in [0.2, 0.25) is 0 Å². The van der Waals surface area contributed by atoms with Crippen molar-refractivity contribution in [2.24, 2.45) is 10.7 Å². The highest BCUT2D eigenvalue weighted by Crippen LogP contribution is 2.17. The van der Waals surface area contributed by atoms with E-state index in [4.69, 9.17) is 5.73 Å². The van der Waals surface area contributed by atoms with Crippen LogP contribution in [0.15, 0.2) is 29.3 Å². The second-order valence-corrected chi connectivity index (χ2v) is 6.24. The molecule has 1 saturated carbocycles. The zero-order valence-corrected chi connectivity index (χ0v) is 13.3. The van der Waals surface area contributed by atoms with Crippen molar-refractivity contribution in [2.75, 3.05) is 14.1 Å². The molecule has 3 N–H and O–H groups in total. The lowest BCUT2D eigenvalue weighted by atomic mass is 9.96. The number of hydrogen-bond donors (Lipinski definition) is 2. The molecular formula is C17H28N4. The molecule has 0 bridgehead atoms. The van der Waals surface area contributed by atoms with E-state index >= 15 is 0 Å². The molecule has 0 spiro atoms. The van der Waals surface area contributed by atoms with Gasteiger partial charge in [0, 0.05) is 12.6 Å². The lowest BCUT2D eigenvalue weighted by Crippen LogP contribution is -2.41. The minimum atomic E-state index is 0.516. The number of nitrogens with two attached hydrogens (primary N) is 1. The van der Waals surface area contributed by atoms with Crippen molar-refractivity contribution < 1.29 is 0 Å². The smallest absolute Gasteiger partial charge is 0.189 e. The molecule has 1 aliphatic carbocycles. The molecular weight excluding hydrogens is 260 g/mol. The van der Waals surface area contributed by atoms with Gasteiger partial charge in [-0.3, -0.25) is 0 Å². The van der Waals surface area contributed by atoms with Crippen LogP contribution in [0.25, 0.3) is 0 Å². The van der Waals surface area contributed by atoms with Crippen LogP contribution in [0.4, 0.5) is 0 Å². The van der Waals surface area contributed by atoms with Gasteiger partial charge >= 0.3 is 0 Å². The summed E-state index contributed by atoms with van der Waals surface area (Å²) in [6.45, 7) is 1.60. The third kappa shape index (κ3) is 5.76. The first-order valence-electron chi connectivity index (χ1n) is 7.92. The van der Waals surface area contributed by atoms with E-state index in [1.807, 2.05) is 0 Å². The average molecular weight is 288 g/mol. The van der Waals surface area contributed by atoms with Crippen LogP contribution >= 0.6 is 0 Å². The largest absolute Gasteiger partial charge is 0.370 e. The highest BCUT2D eigenvalue weighted by molar-refractivity contribution is 5.78. The number of guanidine groups is 1. The molecule has 1 aromatic rings. The molecule has 0 radical (unpaired) electrons. The van der Waals surface area contributed by atoms with Gasteiger partial charge in [-0.15, -0.1) is 0 Å². The van der Waals surface area contributed by atoms with Gasteiger partial charge in [-0.2, -0.15) is 0 Å². The Labute approximate surface area is 128 Å². The maximum absolute atomic E-state index is 6.00. The Morgan fingerprint density at radius 1 is 1.24 bits per heavy atom. The van der Waals surface area contributed by atoms with Crippen molar-refractivity contribution in [2.45, 2.75) is 51.2 Å². The quantitative estimate of drug-likeness (QED) is 0.646. The van der Waals surface area contributed by atoms with Crippen LogP contribution in [0, 0.1) is 0 Å². The van der Waals surface area contributed by atoms with E-state index < -0.39 is 0 Å². The standard InChI is InChI=1S/C17H28N4/c1-21(2)13-15-8-6-7-14(11-15)12-19-17(18)20-16-9-4-3-5-10-16/h6-8,11,16H,3-5,9-10,12-13H2,1-2H3,(H3,18,19,20). The van der Waals surface area contributed by atoms with Crippen LogP contribution < -0.4 is 11.1 Å². The first kappa shape index (κ1) is 15.8. The van der Waals surface area contributed by atoms with Crippen LogP contribution in [0.1, 0.15) is 43.2 Å². The Bertz CT molecular complexity index is 462. The predicted molar refractivity (Wildman–Crippen MR) is 89.2 cm³/mol. The lowest BCUT2D eigenvalue weighted by molar-refractivity contribution is 0.402. The Balaban J connectivity index is 1.86. The van der Waals surface area contributed by atoms with Gasteiger partial charge in [0.1, 0.15) is 0 Å². The summed E-state index contributed by atoms with van der Waals surface area (Å²) in [6.07, 6.45) is 6.39. The maximum Gasteiger partial charge on any atom is 0.189 e. The summed E-state index contributed by atoms with van der Waals surface area (Å²) in [4.78, 5) is 6.65. The first-order valence-corrected chi connectivity index (χ1v) is 7.92. The monoisotopic (exact) mass is 288 g/mol. The highest BCUT2D eigenvalue weighted by atomic mass is 15.1. The first-order chi connectivity index (χ1) is 10.1. The Morgan fingerprint density at radius 2 is 1.95 bits per heavy atom. The SMILES string of the molecule is CN(C)Cc1cccc(CN=C(N)NC2CCCCC2)c1. The van der Waals surface area contributed by atoms with Crippen molar-refractivity contribution in [3.05, 3.63) is 35.4 Å². The molecule has 0 heterocycles. The van der Waals surface area contributed by atoms with Crippen molar-refractivity contribution in [1.82, 2.24) is 10.2 Å². The highest BCUT2D eigenvalue weighted by Gasteiger charge is 2.13. The van der Waals surface area contributed by atoms with E-state index in [2.05, 4.69) is 53.6 Å². The van der Waals surface area contributed by atoms with Gasteiger partial charge in [-0.1, -0.05) is 43.5 Å². The molecule has 4 nitrogen and oxygen atoms in total. The summed E-state index contributed by atoms with van der Waals surface area (Å²) in [5, 5.41) is 3.36. The minimum absolute atomic E-state index is 0.516. The number of rotatable bonds is 5. The minimum Gasteiger partial charge on any atom is -0.370 e. The molecule has 0 aromatic heterocycles.